The summed E-state index contributed by atoms with van der Waals surface area (Å²) >= 11 is 5.85. The molecule has 0 aliphatic heterocycles. The van der Waals surface area contributed by atoms with Crippen molar-refractivity contribution in [2.45, 2.75) is 19.9 Å². The number of nitrogens with one attached hydrogen (secondary N) is 1. The highest BCUT2D eigenvalue weighted by atomic mass is 35.5. The summed E-state index contributed by atoms with van der Waals surface area (Å²) < 4.78 is 5.25. The number of halogens is 1. The van der Waals surface area contributed by atoms with E-state index in [9.17, 15) is 4.79 Å². The Balaban J connectivity index is 2.10. The highest BCUT2D eigenvalue weighted by molar-refractivity contribution is 6.30. The zero-order valence-corrected chi connectivity index (χ0v) is 12.0. The maximum absolute atomic E-state index is 12.0. The molecule has 0 bridgehead atoms. The Labute approximate surface area is 122 Å². The summed E-state index contributed by atoms with van der Waals surface area (Å²) in [6.07, 6.45) is 1.30. The third-order valence-electron chi connectivity index (χ3n) is 2.84. The van der Waals surface area contributed by atoms with Crippen LogP contribution in [0.5, 0.6) is 0 Å². The van der Waals surface area contributed by atoms with E-state index in [4.69, 9.17) is 21.8 Å². The van der Waals surface area contributed by atoms with Crippen molar-refractivity contribution in [2.75, 3.05) is 5.32 Å². The molecule has 5 nitrogen and oxygen atoms in total. The van der Waals surface area contributed by atoms with Gasteiger partial charge >= 0.3 is 0 Å². The molecule has 0 fully saturated rings. The third-order valence-corrected chi connectivity index (χ3v) is 3.08. The van der Waals surface area contributed by atoms with E-state index in [2.05, 4.69) is 10.3 Å². The molecule has 0 aliphatic carbocycles. The first kappa shape index (κ1) is 14.6. The third kappa shape index (κ3) is 3.37. The zero-order valence-electron chi connectivity index (χ0n) is 11.3. The van der Waals surface area contributed by atoms with Gasteiger partial charge in [0.15, 0.2) is 5.69 Å². The average molecular weight is 294 g/mol. The summed E-state index contributed by atoms with van der Waals surface area (Å²) in [6.45, 7) is 3.92. The van der Waals surface area contributed by atoms with Gasteiger partial charge in [-0.3, -0.25) is 4.79 Å². The molecule has 20 heavy (non-hydrogen) atoms. The minimum absolute atomic E-state index is 0.178. The minimum Gasteiger partial charge on any atom is -0.446 e. The molecule has 2 aromatic rings. The molecule has 6 heteroatoms. The average Bonchev–Trinajstić information content (AvgIpc) is 2.87. The van der Waals surface area contributed by atoms with Crippen LogP contribution in [0, 0.1) is 5.92 Å². The zero-order chi connectivity index (χ0) is 14.7. The van der Waals surface area contributed by atoms with Gasteiger partial charge in [-0.25, -0.2) is 4.98 Å². The number of nitrogens with two attached hydrogens (primary N) is 1. The van der Waals surface area contributed by atoms with Crippen LogP contribution < -0.4 is 11.1 Å². The Bertz CT molecular complexity index is 610. The van der Waals surface area contributed by atoms with Gasteiger partial charge in [0.05, 0.1) is 6.04 Å². The molecule has 0 saturated heterocycles. The van der Waals surface area contributed by atoms with Gasteiger partial charge in [-0.15, -0.1) is 0 Å². The molecular formula is C14H16ClN3O2. The Hall–Kier alpha value is -1.85. The molecule has 1 unspecified atom stereocenters. The monoisotopic (exact) mass is 293 g/mol. The Kier molecular flexibility index (Phi) is 4.42. The number of anilines is 1. The first-order valence-electron chi connectivity index (χ1n) is 6.25. The molecule has 0 saturated carbocycles. The molecular weight excluding hydrogens is 278 g/mol. The highest BCUT2D eigenvalue weighted by Gasteiger charge is 2.19. The number of rotatable bonds is 4. The Morgan fingerprint density at radius 2 is 2.20 bits per heavy atom. The number of hydrogen-bond donors (Lipinski definition) is 2. The van der Waals surface area contributed by atoms with E-state index in [1.165, 1.54) is 6.26 Å². The van der Waals surface area contributed by atoms with E-state index in [1.54, 1.807) is 24.3 Å². The van der Waals surface area contributed by atoms with E-state index in [1.807, 2.05) is 13.8 Å². The van der Waals surface area contributed by atoms with Crippen molar-refractivity contribution >= 4 is 23.2 Å². The first-order chi connectivity index (χ1) is 9.47. The molecule has 3 N–H and O–H groups in total. The number of amides is 1. The standard InChI is InChI=1S/C14H16ClN3O2/c1-8(2)12(16)14-18-11(7-20-14)13(19)17-10-5-3-4-9(15)6-10/h3-8,12H,16H2,1-2H3,(H,17,19). The molecule has 1 atom stereocenters. The summed E-state index contributed by atoms with van der Waals surface area (Å²) in [7, 11) is 0. The highest BCUT2D eigenvalue weighted by Crippen LogP contribution is 2.19. The van der Waals surface area contributed by atoms with E-state index >= 15 is 0 Å². The molecule has 1 aromatic heterocycles. The number of aromatic nitrogens is 1. The summed E-state index contributed by atoms with van der Waals surface area (Å²) in [5, 5.41) is 3.24. The van der Waals surface area contributed by atoms with Gasteiger partial charge in [0.2, 0.25) is 5.89 Å². The predicted octanol–water partition coefficient (Wildman–Crippen LogP) is 3.24. The number of nitrogens with zero attached hydrogens (tertiary/aromatic N) is 1. The number of carbonyl (C=O) groups is 1. The lowest BCUT2D eigenvalue weighted by Gasteiger charge is -2.10. The number of oxazole rings is 1. The van der Waals surface area contributed by atoms with Gasteiger partial charge in [-0.2, -0.15) is 0 Å². The van der Waals surface area contributed by atoms with Crippen LogP contribution in [0.1, 0.15) is 36.3 Å². The predicted molar refractivity (Wildman–Crippen MR) is 77.7 cm³/mol. The van der Waals surface area contributed by atoms with E-state index < -0.39 is 0 Å². The number of carbonyl (C=O) groups excluding carboxylic acids is 1. The normalized spacial score (nSPS) is 12.4. The van der Waals surface area contributed by atoms with Crippen LogP contribution in [0.15, 0.2) is 34.9 Å². The fraction of sp³-hybridized carbons (Fsp3) is 0.286. The first-order valence-corrected chi connectivity index (χ1v) is 6.63. The number of hydrogen-bond acceptors (Lipinski definition) is 4. The molecule has 1 aromatic carbocycles. The molecule has 0 spiro atoms. The lowest BCUT2D eigenvalue weighted by molar-refractivity contribution is 0.102. The molecule has 1 heterocycles. The molecule has 1 amide bonds. The second kappa shape index (κ2) is 6.07. The lowest BCUT2D eigenvalue weighted by Crippen LogP contribution is -2.18. The second-order valence-electron chi connectivity index (χ2n) is 4.81. The molecule has 0 aliphatic rings. The van der Waals surface area contributed by atoms with E-state index in [-0.39, 0.29) is 23.6 Å². The second-order valence-corrected chi connectivity index (χ2v) is 5.24. The Morgan fingerprint density at radius 3 is 2.85 bits per heavy atom. The lowest BCUT2D eigenvalue weighted by atomic mass is 10.1. The van der Waals surface area contributed by atoms with Crippen LogP contribution in [0.3, 0.4) is 0 Å². The topological polar surface area (TPSA) is 81.1 Å². The van der Waals surface area contributed by atoms with Crippen molar-refractivity contribution in [1.82, 2.24) is 4.98 Å². The smallest absolute Gasteiger partial charge is 0.277 e. The molecule has 106 valence electrons. The molecule has 0 radical (unpaired) electrons. The summed E-state index contributed by atoms with van der Waals surface area (Å²) in [4.78, 5) is 16.1. The maximum Gasteiger partial charge on any atom is 0.277 e. The van der Waals surface area contributed by atoms with Gasteiger partial charge in [-0.1, -0.05) is 31.5 Å². The van der Waals surface area contributed by atoms with Crippen molar-refractivity contribution in [3.63, 3.8) is 0 Å². The maximum atomic E-state index is 12.0. The fourth-order valence-corrected chi connectivity index (χ4v) is 1.78. The van der Waals surface area contributed by atoms with Gasteiger partial charge in [0.25, 0.3) is 5.91 Å². The van der Waals surface area contributed by atoms with Crippen molar-refractivity contribution in [1.29, 1.82) is 0 Å². The van der Waals surface area contributed by atoms with Crippen LogP contribution in [-0.2, 0) is 0 Å². The van der Waals surface area contributed by atoms with Crippen LogP contribution in [0.25, 0.3) is 0 Å². The summed E-state index contributed by atoms with van der Waals surface area (Å²) in [6, 6.07) is 6.54. The van der Waals surface area contributed by atoms with Crippen molar-refractivity contribution in [3.05, 3.63) is 47.1 Å². The van der Waals surface area contributed by atoms with Gasteiger partial charge in [0.1, 0.15) is 6.26 Å². The van der Waals surface area contributed by atoms with Crippen LogP contribution in [-0.4, -0.2) is 10.9 Å². The van der Waals surface area contributed by atoms with Crippen LogP contribution >= 0.6 is 11.6 Å². The molecule has 2 rings (SSSR count). The van der Waals surface area contributed by atoms with Crippen molar-refractivity contribution in [2.24, 2.45) is 11.7 Å². The summed E-state index contributed by atoms with van der Waals surface area (Å²) in [5.74, 6) is 0.173. The summed E-state index contributed by atoms with van der Waals surface area (Å²) in [5.41, 5.74) is 6.71. The van der Waals surface area contributed by atoms with Crippen LogP contribution in [0.2, 0.25) is 5.02 Å². The van der Waals surface area contributed by atoms with E-state index in [0.29, 0.717) is 16.6 Å². The number of benzene rings is 1. The van der Waals surface area contributed by atoms with Crippen molar-refractivity contribution in [3.8, 4) is 0 Å². The van der Waals surface area contributed by atoms with Gasteiger partial charge in [0, 0.05) is 10.7 Å². The SMILES string of the molecule is CC(C)C(N)c1nc(C(=O)Nc2cccc(Cl)c2)co1. The Morgan fingerprint density at radius 1 is 1.45 bits per heavy atom. The van der Waals surface area contributed by atoms with Crippen molar-refractivity contribution < 1.29 is 9.21 Å². The van der Waals surface area contributed by atoms with E-state index in [0.717, 1.165) is 0 Å². The fourth-order valence-electron chi connectivity index (χ4n) is 1.59. The van der Waals surface area contributed by atoms with Gasteiger partial charge < -0.3 is 15.5 Å². The van der Waals surface area contributed by atoms with Crippen LogP contribution in [0.4, 0.5) is 5.69 Å². The minimum atomic E-state index is -0.363. The largest absolute Gasteiger partial charge is 0.446 e. The quantitative estimate of drug-likeness (QED) is 0.907. The van der Waals surface area contributed by atoms with Gasteiger partial charge in [-0.05, 0) is 24.1 Å².